The number of thioether (sulfide) groups is 1. The molecule has 0 radical (unpaired) electrons. The van der Waals surface area contributed by atoms with Crippen LogP contribution in [-0.2, 0) is 0 Å². The summed E-state index contributed by atoms with van der Waals surface area (Å²) in [6.07, 6.45) is 1.22. The highest BCUT2D eigenvalue weighted by atomic mass is 32.2. The third-order valence-corrected chi connectivity index (χ3v) is 3.75. The van der Waals surface area contributed by atoms with E-state index in [1.807, 2.05) is 0 Å². The molecule has 0 aliphatic carbocycles. The van der Waals surface area contributed by atoms with Crippen LogP contribution in [0.2, 0.25) is 0 Å². The van der Waals surface area contributed by atoms with Gasteiger partial charge in [-0.2, -0.15) is 8.78 Å². The van der Waals surface area contributed by atoms with Crippen LogP contribution in [0.3, 0.4) is 0 Å². The summed E-state index contributed by atoms with van der Waals surface area (Å²) in [5, 5.41) is 12.0. The number of nitrogens with one attached hydrogen (secondary N) is 1. The topological polar surface area (TPSA) is 62.2 Å². The molecule has 0 aliphatic heterocycles. The fourth-order valence-corrected chi connectivity index (χ4v) is 2.58. The Balaban J connectivity index is 2.20. The van der Waals surface area contributed by atoms with Crippen molar-refractivity contribution in [3.63, 3.8) is 0 Å². The number of hydrogen-bond donors (Lipinski definition) is 2. The average molecular weight is 302 g/mol. The number of thiazole rings is 1. The molecule has 2 aromatic rings. The van der Waals surface area contributed by atoms with Gasteiger partial charge >= 0.3 is 5.97 Å². The molecule has 2 rings (SSSR count). The highest BCUT2D eigenvalue weighted by molar-refractivity contribution is 7.99. The molecular formula is C11H8F2N2O2S2. The number of para-hydroxylation sites is 1. The number of hydrogen-bond acceptors (Lipinski definition) is 5. The quantitative estimate of drug-likeness (QED) is 0.820. The number of halogens is 2. The van der Waals surface area contributed by atoms with E-state index in [2.05, 4.69) is 10.3 Å². The maximum atomic E-state index is 12.4. The van der Waals surface area contributed by atoms with Gasteiger partial charge in [-0.25, -0.2) is 9.78 Å². The van der Waals surface area contributed by atoms with Gasteiger partial charge in [-0.05, 0) is 12.1 Å². The predicted octanol–water partition coefficient (Wildman–Crippen LogP) is 3.90. The Morgan fingerprint density at radius 3 is 2.79 bits per heavy atom. The minimum atomic E-state index is -2.52. The van der Waals surface area contributed by atoms with E-state index in [1.54, 1.807) is 24.3 Å². The summed E-state index contributed by atoms with van der Waals surface area (Å²) in [6, 6.07) is 6.54. The lowest BCUT2D eigenvalue weighted by molar-refractivity contribution is 0.0702. The lowest BCUT2D eigenvalue weighted by atomic mass is 10.3. The van der Waals surface area contributed by atoms with Crippen molar-refractivity contribution in [2.75, 3.05) is 5.32 Å². The molecule has 2 N–H and O–H groups in total. The normalized spacial score (nSPS) is 10.7. The van der Waals surface area contributed by atoms with E-state index in [0.29, 0.717) is 27.5 Å². The van der Waals surface area contributed by atoms with Crippen molar-refractivity contribution in [3.05, 3.63) is 35.3 Å². The first-order valence-corrected chi connectivity index (χ1v) is 6.76. The SMILES string of the molecule is O=C(O)c1cnc(Nc2ccccc2SC(F)F)s1. The van der Waals surface area contributed by atoms with Gasteiger partial charge in [-0.15, -0.1) is 0 Å². The molecule has 0 saturated heterocycles. The van der Waals surface area contributed by atoms with E-state index in [1.165, 1.54) is 6.20 Å². The lowest BCUT2D eigenvalue weighted by Crippen LogP contribution is -1.93. The molecule has 0 fully saturated rings. The van der Waals surface area contributed by atoms with Crippen LogP contribution in [0.15, 0.2) is 35.4 Å². The molecule has 0 unspecified atom stereocenters. The van der Waals surface area contributed by atoms with Gasteiger partial charge in [0.2, 0.25) is 0 Å². The minimum absolute atomic E-state index is 0.0847. The summed E-state index contributed by atoms with van der Waals surface area (Å²) in [7, 11) is 0. The Hall–Kier alpha value is -1.67. The first kappa shape index (κ1) is 13.8. The van der Waals surface area contributed by atoms with Gasteiger partial charge in [0.1, 0.15) is 4.88 Å². The van der Waals surface area contributed by atoms with E-state index >= 15 is 0 Å². The fraction of sp³-hybridized carbons (Fsp3) is 0.0909. The molecule has 1 heterocycles. The molecular weight excluding hydrogens is 294 g/mol. The zero-order valence-corrected chi connectivity index (χ0v) is 11.0. The largest absolute Gasteiger partial charge is 0.477 e. The Labute approximate surface area is 115 Å². The van der Waals surface area contributed by atoms with Gasteiger partial charge < -0.3 is 10.4 Å². The van der Waals surface area contributed by atoms with E-state index in [0.717, 1.165) is 11.3 Å². The number of aromatic nitrogens is 1. The molecule has 0 spiro atoms. The Morgan fingerprint density at radius 1 is 1.42 bits per heavy atom. The first-order chi connectivity index (χ1) is 9.06. The molecule has 8 heteroatoms. The molecule has 4 nitrogen and oxygen atoms in total. The van der Waals surface area contributed by atoms with Crippen LogP contribution in [0.4, 0.5) is 19.6 Å². The van der Waals surface area contributed by atoms with Crippen molar-refractivity contribution in [1.82, 2.24) is 4.98 Å². The Morgan fingerprint density at radius 2 is 2.16 bits per heavy atom. The molecule has 0 bridgehead atoms. The fourth-order valence-electron chi connectivity index (χ4n) is 1.31. The summed E-state index contributed by atoms with van der Waals surface area (Å²) in [6.45, 7) is 0. The summed E-state index contributed by atoms with van der Waals surface area (Å²) in [5.41, 5.74) is 0.471. The maximum Gasteiger partial charge on any atom is 0.347 e. The lowest BCUT2D eigenvalue weighted by Gasteiger charge is -2.08. The van der Waals surface area contributed by atoms with Crippen molar-refractivity contribution in [3.8, 4) is 0 Å². The van der Waals surface area contributed by atoms with Crippen LogP contribution >= 0.6 is 23.1 Å². The molecule has 0 aliphatic rings. The van der Waals surface area contributed by atoms with Gasteiger partial charge in [0.25, 0.3) is 5.76 Å². The molecule has 0 amide bonds. The summed E-state index contributed by atoms with van der Waals surface area (Å²) in [4.78, 5) is 15.1. The van der Waals surface area contributed by atoms with Crippen molar-refractivity contribution in [1.29, 1.82) is 0 Å². The van der Waals surface area contributed by atoms with Gasteiger partial charge in [0.05, 0.1) is 11.9 Å². The average Bonchev–Trinajstić information content (AvgIpc) is 2.80. The van der Waals surface area contributed by atoms with E-state index in [-0.39, 0.29) is 4.88 Å². The van der Waals surface area contributed by atoms with Crippen LogP contribution in [0.25, 0.3) is 0 Å². The van der Waals surface area contributed by atoms with Crippen LogP contribution in [0.1, 0.15) is 9.67 Å². The summed E-state index contributed by atoms with van der Waals surface area (Å²) < 4.78 is 24.8. The molecule has 0 atom stereocenters. The summed E-state index contributed by atoms with van der Waals surface area (Å²) >= 11 is 1.37. The third kappa shape index (κ3) is 3.65. The second kappa shape index (κ2) is 5.98. The van der Waals surface area contributed by atoms with E-state index < -0.39 is 11.7 Å². The number of carboxylic acid groups (broad SMARTS) is 1. The van der Waals surface area contributed by atoms with Crippen molar-refractivity contribution in [2.24, 2.45) is 0 Å². The van der Waals surface area contributed by atoms with Crippen molar-refractivity contribution >= 4 is 39.9 Å². The monoisotopic (exact) mass is 302 g/mol. The Kier molecular flexibility index (Phi) is 4.33. The number of rotatable bonds is 5. The smallest absolute Gasteiger partial charge is 0.347 e. The van der Waals surface area contributed by atoms with Gasteiger partial charge in [-0.3, -0.25) is 0 Å². The van der Waals surface area contributed by atoms with Gasteiger partial charge in [0.15, 0.2) is 5.13 Å². The van der Waals surface area contributed by atoms with Crippen molar-refractivity contribution < 1.29 is 18.7 Å². The predicted molar refractivity (Wildman–Crippen MR) is 70.7 cm³/mol. The number of anilines is 2. The molecule has 100 valence electrons. The van der Waals surface area contributed by atoms with Crippen LogP contribution < -0.4 is 5.32 Å². The van der Waals surface area contributed by atoms with Gasteiger partial charge in [0, 0.05) is 4.90 Å². The highest BCUT2D eigenvalue weighted by Crippen LogP contribution is 2.34. The first-order valence-electron chi connectivity index (χ1n) is 5.06. The summed E-state index contributed by atoms with van der Waals surface area (Å²) in [5.74, 6) is -3.59. The molecule has 1 aromatic carbocycles. The number of nitrogens with zero attached hydrogens (tertiary/aromatic N) is 1. The van der Waals surface area contributed by atoms with Crippen LogP contribution in [0, 0.1) is 0 Å². The maximum absolute atomic E-state index is 12.4. The standard InChI is InChI=1S/C11H8F2N2O2S2/c12-10(13)18-7-4-2-1-3-6(7)15-11-14-5-8(19-11)9(16)17/h1-5,10H,(H,14,15)(H,16,17). The number of alkyl halides is 2. The molecule has 0 saturated carbocycles. The number of carbonyl (C=O) groups is 1. The Bertz CT molecular complexity index is 590. The van der Waals surface area contributed by atoms with Crippen LogP contribution in [-0.4, -0.2) is 21.8 Å². The molecule has 1 aromatic heterocycles. The number of benzene rings is 1. The number of aromatic carboxylic acids is 1. The van der Waals surface area contributed by atoms with Crippen LogP contribution in [0.5, 0.6) is 0 Å². The van der Waals surface area contributed by atoms with E-state index in [4.69, 9.17) is 5.11 Å². The zero-order valence-electron chi connectivity index (χ0n) is 9.34. The van der Waals surface area contributed by atoms with E-state index in [9.17, 15) is 13.6 Å². The minimum Gasteiger partial charge on any atom is -0.477 e. The second-order valence-corrected chi connectivity index (χ2v) is 5.40. The second-order valence-electron chi connectivity index (χ2n) is 3.33. The number of carboxylic acids is 1. The zero-order chi connectivity index (χ0) is 13.8. The van der Waals surface area contributed by atoms with Crippen molar-refractivity contribution in [2.45, 2.75) is 10.7 Å². The third-order valence-electron chi connectivity index (χ3n) is 2.06. The highest BCUT2D eigenvalue weighted by Gasteiger charge is 2.12. The molecule has 19 heavy (non-hydrogen) atoms. The van der Waals surface area contributed by atoms with Gasteiger partial charge in [-0.1, -0.05) is 35.2 Å².